The highest BCUT2D eigenvalue weighted by molar-refractivity contribution is 5.83. The number of nitrogens with one attached hydrogen (secondary N) is 1. The molecular weight excluding hydrogens is 286 g/mol. The molecule has 1 heterocycles. The molecule has 2 atom stereocenters. The molecule has 1 amide bonds. The predicted molar refractivity (Wildman–Crippen MR) is 95.2 cm³/mol. The lowest BCUT2D eigenvalue weighted by Crippen LogP contribution is -2.55. The normalized spacial score (nSPS) is 21.0. The van der Waals surface area contributed by atoms with Crippen molar-refractivity contribution in [2.24, 2.45) is 11.7 Å². The Morgan fingerprint density at radius 3 is 2.65 bits per heavy atom. The second kappa shape index (κ2) is 7.45. The van der Waals surface area contributed by atoms with Crippen molar-refractivity contribution in [3.05, 3.63) is 35.4 Å². The zero-order valence-electron chi connectivity index (χ0n) is 14.9. The molecule has 128 valence electrons. The van der Waals surface area contributed by atoms with E-state index in [1.165, 1.54) is 18.4 Å². The van der Waals surface area contributed by atoms with Gasteiger partial charge in [0, 0.05) is 18.6 Å². The number of nitrogens with zero attached hydrogens (tertiary/aromatic N) is 1. The fourth-order valence-electron chi connectivity index (χ4n) is 3.19. The van der Waals surface area contributed by atoms with Crippen molar-refractivity contribution in [1.29, 1.82) is 0 Å². The minimum Gasteiger partial charge on any atom is -0.353 e. The van der Waals surface area contributed by atoms with Crippen LogP contribution >= 0.6 is 0 Å². The SMILES string of the molecule is Cc1ccc(C(N)C(=O)NCC(C)(C)N2CCCC(C)C2)cc1. The maximum atomic E-state index is 12.4. The van der Waals surface area contributed by atoms with Gasteiger partial charge in [-0.2, -0.15) is 0 Å². The Morgan fingerprint density at radius 1 is 1.39 bits per heavy atom. The number of rotatable bonds is 5. The summed E-state index contributed by atoms with van der Waals surface area (Å²) in [5, 5.41) is 3.04. The van der Waals surface area contributed by atoms with Crippen LogP contribution in [0.2, 0.25) is 0 Å². The predicted octanol–water partition coefficient (Wildman–Crippen LogP) is 2.62. The lowest BCUT2D eigenvalue weighted by molar-refractivity contribution is -0.123. The molecule has 0 saturated carbocycles. The van der Waals surface area contributed by atoms with Crippen LogP contribution in [0, 0.1) is 12.8 Å². The van der Waals surface area contributed by atoms with Crippen molar-refractivity contribution in [3.8, 4) is 0 Å². The van der Waals surface area contributed by atoms with Crippen molar-refractivity contribution >= 4 is 5.91 Å². The van der Waals surface area contributed by atoms with E-state index in [4.69, 9.17) is 5.73 Å². The lowest BCUT2D eigenvalue weighted by Gasteiger charge is -2.43. The Hall–Kier alpha value is -1.39. The minimum atomic E-state index is -0.605. The largest absolute Gasteiger partial charge is 0.353 e. The summed E-state index contributed by atoms with van der Waals surface area (Å²) < 4.78 is 0. The molecule has 2 unspecified atom stereocenters. The first-order chi connectivity index (χ1) is 10.8. The zero-order chi connectivity index (χ0) is 17.0. The van der Waals surface area contributed by atoms with Gasteiger partial charge in [0.25, 0.3) is 0 Å². The molecule has 2 rings (SSSR count). The van der Waals surface area contributed by atoms with E-state index in [-0.39, 0.29) is 11.4 Å². The highest BCUT2D eigenvalue weighted by Gasteiger charge is 2.31. The molecule has 0 radical (unpaired) electrons. The molecule has 4 nitrogen and oxygen atoms in total. The second-order valence-electron chi connectivity index (χ2n) is 7.61. The van der Waals surface area contributed by atoms with E-state index in [1.807, 2.05) is 31.2 Å². The fraction of sp³-hybridized carbons (Fsp3) is 0.632. The van der Waals surface area contributed by atoms with Crippen LogP contribution in [0.15, 0.2) is 24.3 Å². The monoisotopic (exact) mass is 317 g/mol. The van der Waals surface area contributed by atoms with Crippen LogP contribution in [0.1, 0.15) is 50.8 Å². The summed E-state index contributed by atoms with van der Waals surface area (Å²) in [5.41, 5.74) is 8.08. The average Bonchev–Trinajstić information content (AvgIpc) is 2.53. The smallest absolute Gasteiger partial charge is 0.241 e. The van der Waals surface area contributed by atoms with Gasteiger partial charge in [0.15, 0.2) is 0 Å². The van der Waals surface area contributed by atoms with E-state index in [0.717, 1.165) is 24.6 Å². The van der Waals surface area contributed by atoms with Crippen molar-refractivity contribution in [1.82, 2.24) is 10.2 Å². The number of benzene rings is 1. The molecule has 3 N–H and O–H groups in total. The molecule has 1 aromatic rings. The number of nitrogens with two attached hydrogens (primary N) is 1. The number of piperidine rings is 1. The highest BCUT2D eigenvalue weighted by Crippen LogP contribution is 2.23. The molecule has 0 spiro atoms. The van der Waals surface area contributed by atoms with Crippen LogP contribution in [-0.2, 0) is 4.79 Å². The van der Waals surface area contributed by atoms with Crippen molar-refractivity contribution in [2.75, 3.05) is 19.6 Å². The number of likely N-dealkylation sites (tertiary alicyclic amines) is 1. The third kappa shape index (κ3) is 4.79. The molecule has 0 aliphatic carbocycles. The summed E-state index contributed by atoms with van der Waals surface area (Å²) in [4.78, 5) is 14.9. The van der Waals surface area contributed by atoms with Crippen molar-refractivity contribution in [3.63, 3.8) is 0 Å². The van der Waals surface area contributed by atoms with Crippen LogP contribution in [0.25, 0.3) is 0 Å². The van der Waals surface area contributed by atoms with Gasteiger partial charge in [-0.15, -0.1) is 0 Å². The van der Waals surface area contributed by atoms with E-state index >= 15 is 0 Å². The van der Waals surface area contributed by atoms with E-state index in [9.17, 15) is 4.79 Å². The van der Waals surface area contributed by atoms with Gasteiger partial charge in [-0.1, -0.05) is 36.8 Å². The maximum Gasteiger partial charge on any atom is 0.241 e. The second-order valence-corrected chi connectivity index (χ2v) is 7.61. The first kappa shape index (κ1) is 18.0. The van der Waals surface area contributed by atoms with Crippen LogP contribution in [0.4, 0.5) is 0 Å². The Labute approximate surface area is 140 Å². The number of aryl methyl sites for hydroxylation is 1. The van der Waals surface area contributed by atoms with Gasteiger partial charge in [-0.25, -0.2) is 0 Å². The number of hydrogen-bond donors (Lipinski definition) is 2. The minimum absolute atomic E-state index is 0.0443. The van der Waals surface area contributed by atoms with E-state index in [2.05, 4.69) is 31.0 Å². The summed E-state index contributed by atoms with van der Waals surface area (Å²) in [6.45, 7) is 11.6. The number of amides is 1. The van der Waals surface area contributed by atoms with Crippen molar-refractivity contribution in [2.45, 2.75) is 52.1 Å². The van der Waals surface area contributed by atoms with Crippen molar-refractivity contribution < 1.29 is 4.79 Å². The van der Waals surface area contributed by atoms with Gasteiger partial charge in [0.05, 0.1) is 0 Å². The number of hydrogen-bond acceptors (Lipinski definition) is 3. The Morgan fingerprint density at radius 2 is 2.04 bits per heavy atom. The van der Waals surface area contributed by atoms with Crippen LogP contribution in [0.3, 0.4) is 0 Å². The standard InChI is InChI=1S/C19H31N3O/c1-14-7-9-16(10-8-14)17(20)18(23)21-13-19(3,4)22-11-5-6-15(2)12-22/h7-10,15,17H,5-6,11-13,20H2,1-4H3,(H,21,23). The summed E-state index contributed by atoms with van der Waals surface area (Å²) in [6, 6.07) is 7.23. The fourth-order valence-corrected chi connectivity index (χ4v) is 3.19. The molecule has 0 aromatic heterocycles. The average molecular weight is 317 g/mol. The van der Waals surface area contributed by atoms with Crippen LogP contribution in [-0.4, -0.2) is 36.0 Å². The zero-order valence-corrected chi connectivity index (χ0v) is 14.9. The number of carbonyl (C=O) groups is 1. The quantitative estimate of drug-likeness (QED) is 0.877. The molecule has 1 aliphatic rings. The van der Waals surface area contributed by atoms with Gasteiger partial charge < -0.3 is 11.1 Å². The van der Waals surface area contributed by atoms with E-state index in [0.29, 0.717) is 6.54 Å². The Kier molecular flexibility index (Phi) is 5.82. The van der Waals surface area contributed by atoms with Gasteiger partial charge >= 0.3 is 0 Å². The molecule has 1 aliphatic heterocycles. The van der Waals surface area contributed by atoms with Gasteiger partial charge in [-0.05, 0) is 51.6 Å². The van der Waals surface area contributed by atoms with Gasteiger partial charge in [0.2, 0.25) is 5.91 Å². The highest BCUT2D eigenvalue weighted by atomic mass is 16.2. The third-order valence-corrected chi connectivity index (χ3v) is 4.93. The third-order valence-electron chi connectivity index (χ3n) is 4.93. The maximum absolute atomic E-state index is 12.4. The first-order valence-electron chi connectivity index (χ1n) is 8.64. The van der Waals surface area contributed by atoms with Crippen LogP contribution < -0.4 is 11.1 Å². The summed E-state index contributed by atoms with van der Waals surface area (Å²) in [7, 11) is 0. The summed E-state index contributed by atoms with van der Waals surface area (Å²) in [5.74, 6) is 0.625. The molecule has 1 aromatic carbocycles. The molecule has 1 saturated heterocycles. The molecule has 0 bridgehead atoms. The van der Waals surface area contributed by atoms with E-state index in [1.54, 1.807) is 0 Å². The first-order valence-corrected chi connectivity index (χ1v) is 8.64. The van der Waals surface area contributed by atoms with Gasteiger partial charge in [-0.3, -0.25) is 9.69 Å². The molecule has 1 fully saturated rings. The molecule has 23 heavy (non-hydrogen) atoms. The molecule has 4 heteroatoms. The Balaban J connectivity index is 1.90. The number of carbonyl (C=O) groups excluding carboxylic acids is 1. The summed E-state index contributed by atoms with van der Waals surface area (Å²) >= 11 is 0. The van der Waals surface area contributed by atoms with Crippen LogP contribution in [0.5, 0.6) is 0 Å². The summed E-state index contributed by atoms with van der Waals surface area (Å²) in [6.07, 6.45) is 2.54. The molecular formula is C19H31N3O. The topological polar surface area (TPSA) is 58.4 Å². The van der Waals surface area contributed by atoms with Gasteiger partial charge in [0.1, 0.15) is 6.04 Å². The Bertz CT molecular complexity index is 524. The lowest BCUT2D eigenvalue weighted by atomic mass is 9.93. The van der Waals surface area contributed by atoms with E-state index < -0.39 is 6.04 Å².